The molecule has 0 fully saturated rings. The maximum Gasteiger partial charge on any atom is 0.324 e. The number of rotatable bonds is 5. The predicted octanol–water partition coefficient (Wildman–Crippen LogP) is 3.91. The minimum absolute atomic E-state index is 0.227. The number of aromatic nitrogens is 1. The Labute approximate surface area is 134 Å². The number of hydrogen-bond acceptors (Lipinski definition) is 3. The highest BCUT2D eigenvalue weighted by atomic mass is 16.5. The number of carbonyl (C=O) groups excluding carboxylic acids is 1. The van der Waals surface area contributed by atoms with Gasteiger partial charge < -0.3 is 9.42 Å². The number of nitrogens with one attached hydrogen (secondary N) is 1. The molecule has 1 heterocycles. The van der Waals surface area contributed by atoms with Crippen molar-refractivity contribution in [3.05, 3.63) is 84.1 Å². The summed E-state index contributed by atoms with van der Waals surface area (Å²) in [5.41, 5.74) is 2.13. The van der Waals surface area contributed by atoms with E-state index >= 15 is 0 Å². The van der Waals surface area contributed by atoms with Gasteiger partial charge in [-0.15, -0.1) is 0 Å². The molecule has 0 bridgehead atoms. The van der Waals surface area contributed by atoms with Crippen LogP contribution in [0.4, 0.5) is 10.7 Å². The van der Waals surface area contributed by atoms with Gasteiger partial charge in [0.2, 0.25) is 5.88 Å². The van der Waals surface area contributed by atoms with Gasteiger partial charge in [0.05, 0.1) is 6.20 Å². The third-order valence-electron chi connectivity index (χ3n) is 3.39. The van der Waals surface area contributed by atoms with Crippen LogP contribution in [0.5, 0.6) is 0 Å². The van der Waals surface area contributed by atoms with Crippen molar-refractivity contribution in [3.63, 3.8) is 0 Å². The predicted molar refractivity (Wildman–Crippen MR) is 87.7 cm³/mol. The van der Waals surface area contributed by atoms with E-state index < -0.39 is 0 Å². The van der Waals surface area contributed by atoms with E-state index in [1.165, 1.54) is 6.20 Å². The van der Waals surface area contributed by atoms with Crippen LogP contribution in [0.15, 0.2) is 77.4 Å². The third-order valence-corrected chi connectivity index (χ3v) is 3.39. The molecule has 5 heteroatoms. The SMILES string of the molecule is O=C(Nc1ccno1)N(Cc1ccccc1)Cc1ccccc1. The fourth-order valence-corrected chi connectivity index (χ4v) is 2.27. The molecular weight excluding hydrogens is 290 g/mol. The van der Waals surface area contributed by atoms with E-state index in [-0.39, 0.29) is 6.03 Å². The van der Waals surface area contributed by atoms with Crippen molar-refractivity contribution in [2.45, 2.75) is 13.1 Å². The zero-order valence-corrected chi connectivity index (χ0v) is 12.6. The molecule has 0 saturated carbocycles. The van der Waals surface area contributed by atoms with Crippen LogP contribution >= 0.6 is 0 Å². The summed E-state index contributed by atoms with van der Waals surface area (Å²) in [5, 5.41) is 6.31. The second-order valence-electron chi connectivity index (χ2n) is 5.13. The summed E-state index contributed by atoms with van der Waals surface area (Å²) in [5.74, 6) is 0.334. The van der Waals surface area contributed by atoms with Crippen LogP contribution in [-0.4, -0.2) is 16.1 Å². The normalized spacial score (nSPS) is 10.3. The van der Waals surface area contributed by atoms with Gasteiger partial charge in [0.25, 0.3) is 0 Å². The zero-order chi connectivity index (χ0) is 15.9. The number of nitrogens with zero attached hydrogens (tertiary/aromatic N) is 2. The molecule has 2 aromatic carbocycles. The molecule has 1 aromatic heterocycles. The Kier molecular flexibility index (Phi) is 4.69. The van der Waals surface area contributed by atoms with Gasteiger partial charge in [-0.3, -0.25) is 5.32 Å². The molecule has 0 aliphatic carbocycles. The van der Waals surface area contributed by atoms with Gasteiger partial charge in [0.1, 0.15) is 0 Å². The second kappa shape index (κ2) is 7.26. The average molecular weight is 307 g/mol. The molecule has 23 heavy (non-hydrogen) atoms. The second-order valence-corrected chi connectivity index (χ2v) is 5.13. The molecule has 0 unspecified atom stereocenters. The molecule has 0 radical (unpaired) electrons. The van der Waals surface area contributed by atoms with Gasteiger partial charge in [-0.2, -0.15) is 0 Å². The van der Waals surface area contributed by atoms with Crippen molar-refractivity contribution >= 4 is 11.9 Å². The molecule has 0 saturated heterocycles. The zero-order valence-electron chi connectivity index (χ0n) is 12.6. The van der Waals surface area contributed by atoms with E-state index in [0.29, 0.717) is 19.0 Å². The number of benzene rings is 2. The smallest absolute Gasteiger partial charge is 0.324 e. The summed E-state index contributed by atoms with van der Waals surface area (Å²) in [7, 11) is 0. The topological polar surface area (TPSA) is 58.4 Å². The number of amides is 2. The molecule has 2 amide bonds. The third kappa shape index (κ3) is 4.20. The van der Waals surface area contributed by atoms with E-state index in [2.05, 4.69) is 10.5 Å². The van der Waals surface area contributed by atoms with E-state index in [1.54, 1.807) is 11.0 Å². The lowest BCUT2D eigenvalue weighted by atomic mass is 10.2. The van der Waals surface area contributed by atoms with Crippen LogP contribution in [0.1, 0.15) is 11.1 Å². The van der Waals surface area contributed by atoms with Crippen LogP contribution in [0.3, 0.4) is 0 Å². The van der Waals surface area contributed by atoms with Gasteiger partial charge in [-0.05, 0) is 11.1 Å². The molecule has 1 N–H and O–H groups in total. The summed E-state index contributed by atoms with van der Waals surface area (Å²) in [6.45, 7) is 1.02. The summed E-state index contributed by atoms with van der Waals surface area (Å²) < 4.78 is 4.95. The van der Waals surface area contributed by atoms with Gasteiger partial charge in [-0.25, -0.2) is 4.79 Å². The maximum atomic E-state index is 12.5. The molecule has 0 atom stereocenters. The van der Waals surface area contributed by atoms with Gasteiger partial charge in [0.15, 0.2) is 0 Å². The Hall–Kier alpha value is -3.08. The lowest BCUT2D eigenvalue weighted by Gasteiger charge is -2.22. The van der Waals surface area contributed by atoms with Gasteiger partial charge >= 0.3 is 6.03 Å². The monoisotopic (exact) mass is 307 g/mol. The molecule has 116 valence electrons. The van der Waals surface area contributed by atoms with Gasteiger partial charge in [-0.1, -0.05) is 65.8 Å². The highest BCUT2D eigenvalue weighted by Gasteiger charge is 2.16. The Balaban J connectivity index is 1.76. The molecule has 5 nitrogen and oxygen atoms in total. The Morgan fingerprint density at radius 2 is 1.48 bits per heavy atom. The van der Waals surface area contributed by atoms with E-state index in [9.17, 15) is 4.79 Å². The summed E-state index contributed by atoms with van der Waals surface area (Å²) in [6, 6.07) is 21.2. The number of urea groups is 1. The number of hydrogen-bond donors (Lipinski definition) is 1. The van der Waals surface area contributed by atoms with Crippen LogP contribution < -0.4 is 5.32 Å². The molecule has 0 spiro atoms. The number of carbonyl (C=O) groups is 1. The highest BCUT2D eigenvalue weighted by Crippen LogP contribution is 2.13. The minimum atomic E-state index is -0.227. The first kappa shape index (κ1) is 14.8. The quantitative estimate of drug-likeness (QED) is 0.777. The molecule has 3 aromatic rings. The Morgan fingerprint density at radius 1 is 0.913 bits per heavy atom. The van der Waals surface area contributed by atoms with Crippen LogP contribution in [0.2, 0.25) is 0 Å². The summed E-state index contributed by atoms with van der Waals surface area (Å²) >= 11 is 0. The fourth-order valence-electron chi connectivity index (χ4n) is 2.27. The van der Waals surface area contributed by atoms with E-state index in [0.717, 1.165) is 11.1 Å². The van der Waals surface area contributed by atoms with Crippen molar-refractivity contribution < 1.29 is 9.32 Å². The Bertz CT molecular complexity index is 686. The van der Waals surface area contributed by atoms with E-state index in [4.69, 9.17) is 4.52 Å². The average Bonchev–Trinajstić information content (AvgIpc) is 3.09. The van der Waals surface area contributed by atoms with Crippen molar-refractivity contribution in [3.8, 4) is 0 Å². The van der Waals surface area contributed by atoms with Crippen LogP contribution in [-0.2, 0) is 13.1 Å². The van der Waals surface area contributed by atoms with Crippen molar-refractivity contribution in [1.29, 1.82) is 0 Å². The van der Waals surface area contributed by atoms with Crippen LogP contribution in [0.25, 0.3) is 0 Å². The van der Waals surface area contributed by atoms with E-state index in [1.807, 2.05) is 60.7 Å². The van der Waals surface area contributed by atoms with Crippen molar-refractivity contribution in [2.75, 3.05) is 5.32 Å². The molecular formula is C18H17N3O2. The number of anilines is 1. The molecule has 0 aliphatic rings. The molecule has 3 rings (SSSR count). The minimum Gasteiger partial charge on any atom is -0.338 e. The standard InChI is InChI=1S/C18H17N3O2/c22-18(20-17-11-12-19-23-17)21(13-15-7-3-1-4-8-15)14-16-9-5-2-6-10-16/h1-12H,13-14H2,(H,20,22). The van der Waals surface area contributed by atoms with Crippen LogP contribution in [0, 0.1) is 0 Å². The Morgan fingerprint density at radius 3 is 1.96 bits per heavy atom. The lowest BCUT2D eigenvalue weighted by Crippen LogP contribution is -2.33. The van der Waals surface area contributed by atoms with Gasteiger partial charge in [0, 0.05) is 19.2 Å². The first-order valence-electron chi connectivity index (χ1n) is 7.36. The first-order valence-corrected chi connectivity index (χ1v) is 7.36. The maximum absolute atomic E-state index is 12.5. The van der Waals surface area contributed by atoms with Crippen molar-refractivity contribution in [2.24, 2.45) is 0 Å². The highest BCUT2D eigenvalue weighted by molar-refractivity contribution is 5.87. The lowest BCUT2D eigenvalue weighted by molar-refractivity contribution is 0.205. The van der Waals surface area contributed by atoms with Crippen molar-refractivity contribution in [1.82, 2.24) is 10.1 Å². The molecule has 0 aliphatic heterocycles. The summed E-state index contributed by atoms with van der Waals surface area (Å²) in [4.78, 5) is 14.3. The fraction of sp³-hybridized carbons (Fsp3) is 0.111. The largest absolute Gasteiger partial charge is 0.338 e. The summed E-state index contributed by atoms with van der Waals surface area (Å²) in [6.07, 6.45) is 1.49. The first-order chi connectivity index (χ1) is 11.3.